The Hall–Kier alpha value is -4.38. The second-order valence-corrected chi connectivity index (χ2v) is 8.98. The number of thioether (sulfide) groups is 1. The topological polar surface area (TPSA) is 120 Å². The summed E-state index contributed by atoms with van der Waals surface area (Å²) in [5.41, 5.74) is 3.07. The van der Waals surface area contributed by atoms with Gasteiger partial charge in [-0.15, -0.1) is 0 Å². The van der Waals surface area contributed by atoms with Gasteiger partial charge in [-0.2, -0.15) is 5.10 Å². The molecule has 1 aliphatic heterocycles. The van der Waals surface area contributed by atoms with Crippen LogP contribution in [-0.4, -0.2) is 51.2 Å². The zero-order valence-electron chi connectivity index (χ0n) is 20.2. The van der Waals surface area contributed by atoms with Crippen molar-refractivity contribution in [3.8, 4) is 11.4 Å². The molecule has 2 amide bonds. The van der Waals surface area contributed by atoms with Gasteiger partial charge in [0.15, 0.2) is 5.65 Å². The van der Waals surface area contributed by atoms with E-state index < -0.39 is 18.0 Å². The summed E-state index contributed by atoms with van der Waals surface area (Å²) in [6, 6.07) is 15.8. The van der Waals surface area contributed by atoms with Crippen LogP contribution in [0.15, 0.2) is 83.4 Å². The van der Waals surface area contributed by atoms with Gasteiger partial charge in [0.2, 0.25) is 0 Å². The number of hydrogen-bond donors (Lipinski definition) is 2. The molecule has 2 aromatic heterocycles. The third-order valence-corrected chi connectivity index (χ3v) is 6.81. The second kappa shape index (κ2) is 10.7. The van der Waals surface area contributed by atoms with Gasteiger partial charge in [0.25, 0.3) is 0 Å². The highest BCUT2D eigenvalue weighted by atomic mass is 32.2. The van der Waals surface area contributed by atoms with E-state index in [1.807, 2.05) is 42.5 Å². The molecule has 2 N–H and O–H groups in total. The maximum Gasteiger partial charge on any atom is 0.338 e. The highest BCUT2D eigenvalue weighted by Gasteiger charge is 2.34. The molecular formula is C26H24N6O4S. The molecule has 37 heavy (non-hydrogen) atoms. The number of rotatable bonds is 8. The van der Waals surface area contributed by atoms with Crippen LogP contribution < -0.4 is 15.4 Å². The van der Waals surface area contributed by atoms with Gasteiger partial charge in [0, 0.05) is 11.4 Å². The minimum Gasteiger partial charge on any atom is -0.497 e. The van der Waals surface area contributed by atoms with E-state index in [4.69, 9.17) is 9.47 Å². The van der Waals surface area contributed by atoms with E-state index in [0.717, 1.165) is 16.6 Å². The van der Waals surface area contributed by atoms with Gasteiger partial charge in [-0.3, -0.25) is 0 Å². The Balaban J connectivity index is 1.49. The summed E-state index contributed by atoms with van der Waals surface area (Å²) >= 11 is 1.38. The first-order chi connectivity index (χ1) is 18.1. The Morgan fingerprint density at radius 3 is 2.62 bits per heavy atom. The quantitative estimate of drug-likeness (QED) is 0.206. The zero-order valence-corrected chi connectivity index (χ0v) is 21.0. The highest BCUT2D eigenvalue weighted by molar-refractivity contribution is 7.99. The third-order valence-electron chi connectivity index (χ3n) is 5.78. The van der Waals surface area contributed by atoms with Gasteiger partial charge in [-0.1, -0.05) is 42.1 Å². The largest absolute Gasteiger partial charge is 0.497 e. The number of benzene rings is 2. The molecule has 11 heteroatoms. The van der Waals surface area contributed by atoms with Crippen molar-refractivity contribution in [2.24, 2.45) is 0 Å². The number of ether oxygens (including phenoxy) is 2. The van der Waals surface area contributed by atoms with E-state index >= 15 is 0 Å². The summed E-state index contributed by atoms with van der Waals surface area (Å²) < 4.78 is 12.3. The van der Waals surface area contributed by atoms with Gasteiger partial charge >= 0.3 is 12.0 Å². The number of carbonyl (C=O) groups excluding carboxylic acids is 2. The number of para-hydroxylation sites is 1. The van der Waals surface area contributed by atoms with E-state index in [9.17, 15) is 9.59 Å². The number of methoxy groups -OCH3 is 1. The molecule has 0 saturated heterocycles. The number of fused-ring (bicyclic) bond motifs is 1. The molecule has 188 valence electrons. The van der Waals surface area contributed by atoms with Crippen molar-refractivity contribution < 1.29 is 19.1 Å². The van der Waals surface area contributed by atoms with Crippen LogP contribution in [-0.2, 0) is 9.53 Å². The van der Waals surface area contributed by atoms with E-state index in [1.54, 1.807) is 37.0 Å². The molecule has 0 spiro atoms. The Bertz CT molecular complexity index is 1470. The van der Waals surface area contributed by atoms with Crippen molar-refractivity contribution in [3.05, 3.63) is 84.0 Å². The van der Waals surface area contributed by atoms with Crippen molar-refractivity contribution in [3.63, 3.8) is 0 Å². The minimum atomic E-state index is -0.680. The van der Waals surface area contributed by atoms with Gasteiger partial charge in [0.05, 0.1) is 42.6 Å². The molecule has 0 bridgehead atoms. The zero-order chi connectivity index (χ0) is 25.8. The number of esters is 1. The Labute approximate surface area is 217 Å². The minimum absolute atomic E-state index is 0.206. The second-order valence-electron chi connectivity index (χ2n) is 8.01. The first-order valence-electron chi connectivity index (χ1n) is 11.6. The molecule has 5 rings (SSSR count). The monoisotopic (exact) mass is 516 g/mol. The number of hydrogen-bond acceptors (Lipinski definition) is 8. The van der Waals surface area contributed by atoms with Crippen LogP contribution >= 0.6 is 11.8 Å². The summed E-state index contributed by atoms with van der Waals surface area (Å²) in [7, 11) is 1.58. The summed E-state index contributed by atoms with van der Waals surface area (Å²) in [6.45, 7) is 1.95. The molecule has 4 aromatic rings. The molecule has 0 fully saturated rings. The van der Waals surface area contributed by atoms with Crippen LogP contribution in [0.3, 0.4) is 0 Å². The predicted octanol–water partition coefficient (Wildman–Crippen LogP) is 3.79. The molecule has 1 aliphatic rings. The number of aromatic nitrogens is 4. The summed E-state index contributed by atoms with van der Waals surface area (Å²) in [5.74, 6) is 0.443. The van der Waals surface area contributed by atoms with Crippen molar-refractivity contribution in [2.75, 3.05) is 19.5 Å². The molecule has 2 aromatic carbocycles. The van der Waals surface area contributed by atoms with Gasteiger partial charge in [0.1, 0.15) is 17.1 Å². The average Bonchev–Trinajstić information content (AvgIpc) is 3.37. The maximum absolute atomic E-state index is 13.1. The number of urea groups is 1. The fraction of sp³-hybridized carbons (Fsp3) is 0.192. The lowest BCUT2D eigenvalue weighted by Gasteiger charge is -2.29. The molecular weight excluding hydrogens is 492 g/mol. The average molecular weight is 517 g/mol. The molecule has 0 aliphatic carbocycles. The molecule has 0 radical (unpaired) electrons. The SMILES string of the molecule is CCOC(=O)C1=C(CSc2ncnc3c2cnn3-c2ccccc2)NC(=O)N[C@@H]1c1ccc(OC)cc1. The van der Waals surface area contributed by atoms with Crippen LogP contribution in [0.4, 0.5) is 4.79 Å². The van der Waals surface area contributed by atoms with Crippen LogP contribution in [0, 0.1) is 0 Å². The fourth-order valence-electron chi connectivity index (χ4n) is 4.06. The van der Waals surface area contributed by atoms with E-state index in [1.165, 1.54) is 18.1 Å². The highest BCUT2D eigenvalue weighted by Crippen LogP contribution is 2.33. The van der Waals surface area contributed by atoms with Gasteiger partial charge in [-0.25, -0.2) is 24.2 Å². The normalized spacial score (nSPS) is 15.3. The standard InChI is InChI=1S/C26H24N6O4S/c1-3-36-25(33)21-20(30-26(34)31-22(21)16-9-11-18(35-2)12-10-16)14-37-24-19-13-29-32(23(19)27-15-28-24)17-7-5-4-6-8-17/h4-13,15,22H,3,14H2,1-2H3,(H2,30,31,34)/t22-/m1/s1. The predicted molar refractivity (Wildman–Crippen MR) is 138 cm³/mol. The summed E-state index contributed by atoms with van der Waals surface area (Å²) in [5, 5.41) is 11.6. The van der Waals surface area contributed by atoms with Gasteiger partial charge < -0.3 is 20.1 Å². The number of nitrogens with zero attached hydrogens (tertiary/aromatic N) is 4. The fourth-order valence-corrected chi connectivity index (χ4v) is 4.99. The number of nitrogens with one attached hydrogen (secondary N) is 2. The van der Waals surface area contributed by atoms with Crippen molar-refractivity contribution in [1.29, 1.82) is 0 Å². The van der Waals surface area contributed by atoms with Crippen LogP contribution in [0.5, 0.6) is 5.75 Å². The van der Waals surface area contributed by atoms with E-state index in [-0.39, 0.29) is 12.4 Å². The molecule has 0 unspecified atom stereocenters. The first kappa shape index (κ1) is 24.3. The lowest BCUT2D eigenvalue weighted by atomic mass is 9.95. The Morgan fingerprint density at radius 1 is 1.11 bits per heavy atom. The molecule has 10 nitrogen and oxygen atoms in total. The molecule has 0 saturated carbocycles. The van der Waals surface area contributed by atoms with Crippen LogP contribution in [0.1, 0.15) is 18.5 Å². The summed E-state index contributed by atoms with van der Waals surface area (Å²) in [6.07, 6.45) is 3.19. The van der Waals surface area contributed by atoms with Crippen LogP contribution in [0.25, 0.3) is 16.7 Å². The summed E-state index contributed by atoms with van der Waals surface area (Å²) in [4.78, 5) is 34.5. The molecule has 1 atom stereocenters. The smallest absolute Gasteiger partial charge is 0.338 e. The Morgan fingerprint density at radius 2 is 1.89 bits per heavy atom. The maximum atomic E-state index is 13.1. The van der Waals surface area contributed by atoms with Crippen molar-refractivity contribution in [1.82, 2.24) is 30.4 Å². The van der Waals surface area contributed by atoms with E-state index in [2.05, 4.69) is 25.7 Å². The first-order valence-corrected chi connectivity index (χ1v) is 12.6. The lowest BCUT2D eigenvalue weighted by Crippen LogP contribution is -2.46. The van der Waals surface area contributed by atoms with Crippen molar-refractivity contribution >= 4 is 34.8 Å². The lowest BCUT2D eigenvalue weighted by molar-refractivity contribution is -0.139. The van der Waals surface area contributed by atoms with Crippen LogP contribution in [0.2, 0.25) is 0 Å². The third kappa shape index (κ3) is 4.98. The molecule has 3 heterocycles. The van der Waals surface area contributed by atoms with Crippen molar-refractivity contribution in [2.45, 2.75) is 18.0 Å². The Kier molecular flexibility index (Phi) is 7.04. The number of amides is 2. The van der Waals surface area contributed by atoms with E-state index in [0.29, 0.717) is 27.7 Å². The number of carbonyl (C=O) groups is 2. The van der Waals surface area contributed by atoms with Gasteiger partial charge in [-0.05, 0) is 36.8 Å².